The van der Waals surface area contributed by atoms with Gasteiger partial charge in [-0.2, -0.15) is 5.26 Å². The maximum Gasteiger partial charge on any atom is 0.102 e. The third-order valence-electron chi connectivity index (χ3n) is 2.37. The lowest BCUT2D eigenvalue weighted by Gasteiger charge is -2.03. The van der Waals surface area contributed by atoms with Gasteiger partial charge in [0.05, 0.1) is 10.6 Å². The van der Waals surface area contributed by atoms with Crippen LogP contribution >= 0.6 is 22.9 Å². The summed E-state index contributed by atoms with van der Waals surface area (Å²) in [4.78, 5) is 0.902. The molecule has 0 aliphatic heterocycles. The predicted octanol–water partition coefficient (Wildman–Crippen LogP) is 4.69. The molecule has 2 aromatic rings. The van der Waals surface area contributed by atoms with Crippen LogP contribution in [-0.2, 0) is 0 Å². The molecule has 0 fully saturated rings. The van der Waals surface area contributed by atoms with Crippen LogP contribution in [0.1, 0.15) is 16.0 Å². The highest BCUT2D eigenvalue weighted by Crippen LogP contribution is 2.31. The lowest BCUT2D eigenvalue weighted by molar-refractivity contribution is 1.46. The molecule has 3 heteroatoms. The Hall–Kier alpha value is -1.56. The van der Waals surface area contributed by atoms with E-state index < -0.39 is 0 Å². The van der Waals surface area contributed by atoms with Crippen LogP contribution < -0.4 is 0 Å². The highest BCUT2D eigenvalue weighted by atomic mass is 35.5. The van der Waals surface area contributed by atoms with E-state index in [1.165, 1.54) is 11.3 Å². The Morgan fingerprint density at radius 3 is 2.71 bits per heavy atom. The summed E-state index contributed by atoms with van der Waals surface area (Å²) in [5.41, 5.74) is 2.55. The van der Waals surface area contributed by atoms with Crippen molar-refractivity contribution in [3.05, 3.63) is 57.8 Å². The molecule has 2 rings (SSSR count). The van der Waals surface area contributed by atoms with Crippen LogP contribution in [0.5, 0.6) is 0 Å². The number of rotatable bonds is 2. The van der Waals surface area contributed by atoms with E-state index in [-0.39, 0.29) is 0 Å². The van der Waals surface area contributed by atoms with Gasteiger partial charge in [0.1, 0.15) is 6.07 Å². The minimum atomic E-state index is 0.513. The van der Waals surface area contributed by atoms with Gasteiger partial charge < -0.3 is 0 Å². The Kier molecular flexibility index (Phi) is 3.63. The first-order valence-corrected chi connectivity index (χ1v) is 6.39. The van der Waals surface area contributed by atoms with Crippen LogP contribution in [0, 0.1) is 18.3 Å². The van der Waals surface area contributed by atoms with Crippen LogP contribution in [0.25, 0.3) is 10.6 Å². The van der Waals surface area contributed by atoms with Gasteiger partial charge in [-0.3, -0.25) is 0 Å². The van der Waals surface area contributed by atoms with Crippen LogP contribution in [-0.4, -0.2) is 0 Å². The monoisotopic (exact) mass is 259 g/mol. The van der Waals surface area contributed by atoms with Crippen molar-refractivity contribution in [2.24, 2.45) is 0 Å². The number of allylic oxidation sites excluding steroid dienone is 1. The first kappa shape index (κ1) is 11.9. The SMILES string of the molecule is Cc1cccc(C(Cl)=C(C#N)c2cccs2)c1. The molecule has 17 heavy (non-hydrogen) atoms. The van der Waals surface area contributed by atoms with E-state index in [0.29, 0.717) is 10.6 Å². The van der Waals surface area contributed by atoms with E-state index in [4.69, 9.17) is 11.6 Å². The summed E-state index contributed by atoms with van der Waals surface area (Å²) in [6.45, 7) is 2.00. The average Bonchev–Trinajstić information content (AvgIpc) is 2.83. The van der Waals surface area contributed by atoms with Crippen LogP contribution in [0.15, 0.2) is 41.8 Å². The summed E-state index contributed by atoms with van der Waals surface area (Å²) in [6, 6.07) is 13.8. The molecule has 0 saturated heterocycles. The topological polar surface area (TPSA) is 23.8 Å². The number of nitriles is 1. The van der Waals surface area contributed by atoms with Crippen molar-refractivity contribution in [3.8, 4) is 6.07 Å². The summed E-state index contributed by atoms with van der Waals surface area (Å²) in [5, 5.41) is 11.7. The van der Waals surface area contributed by atoms with Crippen molar-refractivity contribution in [1.29, 1.82) is 5.26 Å². The quantitative estimate of drug-likeness (QED) is 0.718. The van der Waals surface area contributed by atoms with Crippen molar-refractivity contribution in [2.45, 2.75) is 6.92 Å². The van der Waals surface area contributed by atoms with Crippen LogP contribution in [0.2, 0.25) is 0 Å². The summed E-state index contributed by atoms with van der Waals surface area (Å²) in [5.74, 6) is 0. The standard InChI is InChI=1S/C14H10ClNS/c1-10-4-2-5-11(8-10)14(15)12(9-16)13-6-3-7-17-13/h2-8H,1H3. The fraction of sp³-hybridized carbons (Fsp3) is 0.0714. The molecule has 0 atom stereocenters. The Bertz CT molecular complexity index is 591. The molecular formula is C14H10ClNS. The Balaban J connectivity index is 2.54. The zero-order valence-corrected chi connectivity index (χ0v) is 10.8. The molecule has 1 nitrogen and oxygen atoms in total. The van der Waals surface area contributed by atoms with Crippen molar-refractivity contribution in [3.63, 3.8) is 0 Å². The molecular weight excluding hydrogens is 250 g/mol. The Morgan fingerprint density at radius 1 is 1.29 bits per heavy atom. The summed E-state index contributed by atoms with van der Waals surface area (Å²) in [7, 11) is 0. The highest BCUT2D eigenvalue weighted by Gasteiger charge is 2.10. The smallest absolute Gasteiger partial charge is 0.102 e. The first-order valence-electron chi connectivity index (χ1n) is 5.13. The van der Waals surface area contributed by atoms with Gasteiger partial charge in [-0.25, -0.2) is 0 Å². The number of nitrogens with zero attached hydrogens (tertiary/aromatic N) is 1. The van der Waals surface area contributed by atoms with E-state index in [9.17, 15) is 5.26 Å². The maximum absolute atomic E-state index is 9.21. The van der Waals surface area contributed by atoms with Crippen molar-refractivity contribution >= 4 is 33.5 Å². The molecule has 0 spiro atoms. The van der Waals surface area contributed by atoms with E-state index in [1.54, 1.807) is 0 Å². The maximum atomic E-state index is 9.21. The molecule has 84 valence electrons. The van der Waals surface area contributed by atoms with Crippen LogP contribution in [0.4, 0.5) is 0 Å². The number of hydrogen-bond donors (Lipinski definition) is 0. The van der Waals surface area contributed by atoms with Gasteiger partial charge >= 0.3 is 0 Å². The zero-order chi connectivity index (χ0) is 12.3. The number of halogens is 1. The van der Waals surface area contributed by atoms with Crippen molar-refractivity contribution in [1.82, 2.24) is 0 Å². The summed E-state index contributed by atoms with van der Waals surface area (Å²) < 4.78 is 0. The molecule has 1 heterocycles. The molecule has 0 amide bonds. The molecule has 0 bridgehead atoms. The predicted molar refractivity (Wildman–Crippen MR) is 73.8 cm³/mol. The first-order chi connectivity index (χ1) is 8.22. The zero-order valence-electron chi connectivity index (χ0n) is 9.27. The van der Waals surface area contributed by atoms with Crippen molar-refractivity contribution < 1.29 is 0 Å². The molecule has 0 aliphatic carbocycles. The number of aryl methyl sites for hydroxylation is 1. The van der Waals surface area contributed by atoms with E-state index >= 15 is 0 Å². The van der Waals surface area contributed by atoms with E-state index in [0.717, 1.165) is 16.0 Å². The lowest BCUT2D eigenvalue weighted by atomic mass is 10.1. The van der Waals surface area contributed by atoms with Gasteiger partial charge in [0.2, 0.25) is 0 Å². The number of hydrogen-bond acceptors (Lipinski definition) is 2. The number of thiophene rings is 1. The summed E-state index contributed by atoms with van der Waals surface area (Å²) >= 11 is 7.82. The van der Waals surface area contributed by atoms with E-state index in [1.807, 2.05) is 48.7 Å². The van der Waals surface area contributed by atoms with Gasteiger partial charge in [0, 0.05) is 4.88 Å². The molecule has 0 aliphatic rings. The third-order valence-corrected chi connectivity index (χ3v) is 3.66. The molecule has 0 unspecified atom stereocenters. The van der Waals surface area contributed by atoms with Gasteiger partial charge in [-0.05, 0) is 23.9 Å². The normalized spacial score (nSPS) is 11.8. The van der Waals surface area contributed by atoms with Gasteiger partial charge in [0.15, 0.2) is 0 Å². The van der Waals surface area contributed by atoms with Gasteiger partial charge in [0.25, 0.3) is 0 Å². The largest absolute Gasteiger partial charge is 0.192 e. The van der Waals surface area contributed by atoms with E-state index in [2.05, 4.69) is 6.07 Å². The molecule has 1 aromatic carbocycles. The molecule has 1 aromatic heterocycles. The fourth-order valence-electron chi connectivity index (χ4n) is 1.56. The second-order valence-corrected chi connectivity index (χ2v) is 4.97. The van der Waals surface area contributed by atoms with Gasteiger partial charge in [-0.1, -0.05) is 47.5 Å². The Labute approximate surface area is 110 Å². The fourth-order valence-corrected chi connectivity index (χ4v) is 2.60. The highest BCUT2D eigenvalue weighted by molar-refractivity contribution is 7.11. The van der Waals surface area contributed by atoms with Crippen LogP contribution in [0.3, 0.4) is 0 Å². The third kappa shape index (κ3) is 2.58. The minimum absolute atomic E-state index is 0.513. The summed E-state index contributed by atoms with van der Waals surface area (Å²) in [6.07, 6.45) is 0. The number of benzene rings is 1. The Morgan fingerprint density at radius 2 is 2.12 bits per heavy atom. The van der Waals surface area contributed by atoms with Crippen molar-refractivity contribution in [2.75, 3.05) is 0 Å². The minimum Gasteiger partial charge on any atom is -0.192 e. The second kappa shape index (κ2) is 5.18. The molecule has 0 N–H and O–H groups in total. The molecule has 0 saturated carbocycles. The van der Waals surface area contributed by atoms with Gasteiger partial charge in [-0.15, -0.1) is 11.3 Å². The second-order valence-electron chi connectivity index (χ2n) is 3.65. The average molecular weight is 260 g/mol. The molecule has 0 radical (unpaired) electrons. The lowest BCUT2D eigenvalue weighted by Crippen LogP contribution is -1.84.